The maximum absolute atomic E-state index is 11.5. The van der Waals surface area contributed by atoms with Gasteiger partial charge in [0.1, 0.15) is 0 Å². The minimum atomic E-state index is -0.860. The average Bonchev–Trinajstić information content (AvgIpc) is 2.36. The van der Waals surface area contributed by atoms with Crippen LogP contribution in [-0.2, 0) is 4.79 Å². The number of hydrogen-bond donors (Lipinski definition) is 3. The van der Waals surface area contributed by atoms with Crippen LogP contribution >= 0.6 is 0 Å². The molecule has 0 fully saturated rings. The molecule has 5 nitrogen and oxygen atoms in total. The van der Waals surface area contributed by atoms with Crippen molar-refractivity contribution in [2.45, 2.75) is 40.0 Å². The lowest BCUT2D eigenvalue weighted by molar-refractivity contribution is -0.149. The lowest BCUT2D eigenvalue weighted by atomic mass is 9.82. The van der Waals surface area contributed by atoms with Gasteiger partial charge in [-0.15, -0.1) is 0 Å². The largest absolute Gasteiger partial charge is 0.481 e. The van der Waals surface area contributed by atoms with E-state index in [9.17, 15) is 14.7 Å². The molecule has 3 N–H and O–H groups in total. The first kappa shape index (κ1) is 16.5. The molecule has 0 saturated heterocycles. The van der Waals surface area contributed by atoms with Gasteiger partial charge in [-0.05, 0) is 26.2 Å². The van der Waals surface area contributed by atoms with E-state index in [1.165, 1.54) is 0 Å². The summed E-state index contributed by atoms with van der Waals surface area (Å²) >= 11 is 0. The van der Waals surface area contributed by atoms with Gasteiger partial charge in [0, 0.05) is 13.1 Å². The van der Waals surface area contributed by atoms with Crippen LogP contribution < -0.4 is 10.6 Å². The molecular weight excluding hydrogens is 232 g/mol. The molecule has 0 spiro atoms. The molecular formula is C13H24N2O3. The van der Waals surface area contributed by atoms with Crippen molar-refractivity contribution in [3.8, 4) is 0 Å². The molecule has 0 aliphatic carbocycles. The Morgan fingerprint density at radius 1 is 1.22 bits per heavy atom. The second kappa shape index (κ2) is 8.55. The number of carboxylic acid groups (broad SMARTS) is 1. The molecule has 104 valence electrons. The van der Waals surface area contributed by atoms with Crippen LogP contribution in [0, 0.1) is 5.41 Å². The van der Waals surface area contributed by atoms with E-state index in [1.54, 1.807) is 0 Å². The molecule has 0 aliphatic heterocycles. The van der Waals surface area contributed by atoms with E-state index in [0.717, 1.165) is 6.42 Å². The van der Waals surface area contributed by atoms with E-state index >= 15 is 0 Å². The number of nitrogens with one attached hydrogen (secondary N) is 2. The van der Waals surface area contributed by atoms with Crippen LogP contribution in [0.2, 0.25) is 0 Å². The Bertz CT molecular complexity index is 297. The smallest absolute Gasteiger partial charge is 0.314 e. The topological polar surface area (TPSA) is 78.4 Å². The Labute approximate surface area is 109 Å². The van der Waals surface area contributed by atoms with Gasteiger partial charge in [-0.25, -0.2) is 4.79 Å². The highest BCUT2D eigenvalue weighted by Crippen LogP contribution is 2.25. The fourth-order valence-corrected chi connectivity index (χ4v) is 1.63. The van der Waals surface area contributed by atoms with E-state index < -0.39 is 11.4 Å². The van der Waals surface area contributed by atoms with Crippen molar-refractivity contribution in [2.75, 3.05) is 13.1 Å². The Kier molecular flexibility index (Phi) is 7.83. The Morgan fingerprint density at radius 2 is 1.83 bits per heavy atom. The SMILES string of the molecule is C/C=C/CCNC(=O)NCC(CC)(CC)C(=O)O. The Hall–Kier alpha value is -1.52. The van der Waals surface area contributed by atoms with Gasteiger partial charge in [-0.3, -0.25) is 4.79 Å². The summed E-state index contributed by atoms with van der Waals surface area (Å²) in [6, 6.07) is -0.313. The van der Waals surface area contributed by atoms with E-state index in [-0.39, 0.29) is 12.6 Å². The summed E-state index contributed by atoms with van der Waals surface area (Å²) in [5.74, 6) is -0.860. The number of rotatable bonds is 8. The molecule has 0 heterocycles. The number of urea groups is 1. The van der Waals surface area contributed by atoms with E-state index in [0.29, 0.717) is 19.4 Å². The van der Waals surface area contributed by atoms with Crippen LogP contribution in [0.1, 0.15) is 40.0 Å². The third-order valence-electron chi connectivity index (χ3n) is 3.23. The van der Waals surface area contributed by atoms with E-state index in [4.69, 9.17) is 0 Å². The highest BCUT2D eigenvalue weighted by molar-refractivity contribution is 5.78. The van der Waals surface area contributed by atoms with Gasteiger partial charge >= 0.3 is 12.0 Å². The first-order valence-corrected chi connectivity index (χ1v) is 6.38. The fraction of sp³-hybridized carbons (Fsp3) is 0.692. The van der Waals surface area contributed by atoms with E-state index in [1.807, 2.05) is 32.9 Å². The maximum atomic E-state index is 11.5. The van der Waals surface area contributed by atoms with E-state index in [2.05, 4.69) is 10.6 Å². The third-order valence-corrected chi connectivity index (χ3v) is 3.23. The molecule has 0 aromatic rings. The third kappa shape index (κ3) is 5.21. The van der Waals surface area contributed by atoms with Crippen molar-refractivity contribution < 1.29 is 14.7 Å². The second-order valence-corrected chi connectivity index (χ2v) is 4.26. The maximum Gasteiger partial charge on any atom is 0.314 e. The number of allylic oxidation sites excluding steroid dienone is 1. The highest BCUT2D eigenvalue weighted by atomic mass is 16.4. The van der Waals surface area contributed by atoms with Gasteiger partial charge in [0.25, 0.3) is 0 Å². The number of amides is 2. The van der Waals surface area contributed by atoms with Crippen LogP contribution in [0.25, 0.3) is 0 Å². The zero-order valence-electron chi connectivity index (χ0n) is 11.5. The number of carboxylic acids is 1. The normalized spacial score (nSPS) is 11.5. The minimum absolute atomic E-state index is 0.158. The van der Waals surface area contributed by atoms with Crippen LogP contribution in [-0.4, -0.2) is 30.2 Å². The van der Waals surface area contributed by atoms with Crippen LogP contribution in [0.5, 0.6) is 0 Å². The van der Waals surface area contributed by atoms with Crippen LogP contribution in [0.3, 0.4) is 0 Å². The number of carbonyl (C=O) groups excluding carboxylic acids is 1. The molecule has 18 heavy (non-hydrogen) atoms. The monoisotopic (exact) mass is 256 g/mol. The Balaban J connectivity index is 4.12. The van der Waals surface area contributed by atoms with Crippen molar-refractivity contribution in [1.29, 1.82) is 0 Å². The van der Waals surface area contributed by atoms with Gasteiger partial charge in [0.05, 0.1) is 5.41 Å². The number of aliphatic carboxylic acids is 1. The molecule has 0 unspecified atom stereocenters. The first-order valence-electron chi connectivity index (χ1n) is 6.38. The molecule has 0 aliphatic rings. The summed E-state index contributed by atoms with van der Waals surface area (Å²) in [4.78, 5) is 22.7. The van der Waals surface area contributed by atoms with Gasteiger partial charge in [-0.2, -0.15) is 0 Å². The summed E-state index contributed by atoms with van der Waals surface area (Å²) in [5, 5.41) is 14.5. The summed E-state index contributed by atoms with van der Waals surface area (Å²) in [6.07, 6.45) is 5.65. The predicted octanol–water partition coefficient (Wildman–Crippen LogP) is 2.14. The lowest BCUT2D eigenvalue weighted by Gasteiger charge is -2.26. The summed E-state index contributed by atoms with van der Waals surface area (Å²) in [6.45, 7) is 6.27. The molecule has 2 amide bonds. The van der Waals surface area contributed by atoms with Crippen molar-refractivity contribution in [3.05, 3.63) is 12.2 Å². The van der Waals surface area contributed by atoms with Crippen LogP contribution in [0.15, 0.2) is 12.2 Å². The quantitative estimate of drug-likeness (QED) is 0.460. The second-order valence-electron chi connectivity index (χ2n) is 4.26. The van der Waals surface area contributed by atoms with Gasteiger partial charge in [-0.1, -0.05) is 26.0 Å². The van der Waals surface area contributed by atoms with Gasteiger partial charge < -0.3 is 15.7 Å². The number of hydrogen-bond acceptors (Lipinski definition) is 2. The van der Waals surface area contributed by atoms with Crippen molar-refractivity contribution >= 4 is 12.0 Å². The minimum Gasteiger partial charge on any atom is -0.481 e. The number of carbonyl (C=O) groups is 2. The zero-order valence-corrected chi connectivity index (χ0v) is 11.5. The van der Waals surface area contributed by atoms with Gasteiger partial charge in [0.2, 0.25) is 0 Å². The van der Waals surface area contributed by atoms with Gasteiger partial charge in [0.15, 0.2) is 0 Å². The molecule has 0 aromatic heterocycles. The average molecular weight is 256 g/mol. The molecule has 0 saturated carbocycles. The molecule has 0 bridgehead atoms. The lowest BCUT2D eigenvalue weighted by Crippen LogP contribution is -2.45. The van der Waals surface area contributed by atoms with Crippen LogP contribution in [0.4, 0.5) is 4.79 Å². The highest BCUT2D eigenvalue weighted by Gasteiger charge is 2.34. The fourth-order valence-electron chi connectivity index (χ4n) is 1.63. The molecule has 0 radical (unpaired) electrons. The van der Waals surface area contributed by atoms with Crippen molar-refractivity contribution in [3.63, 3.8) is 0 Å². The first-order chi connectivity index (χ1) is 8.52. The zero-order chi connectivity index (χ0) is 14.0. The molecule has 0 atom stereocenters. The standard InChI is InChI=1S/C13H24N2O3/c1-4-7-8-9-14-12(18)15-10-13(5-2,6-3)11(16)17/h4,7H,5-6,8-10H2,1-3H3,(H,16,17)(H2,14,15,18)/b7-4+. The predicted molar refractivity (Wildman–Crippen MR) is 71.5 cm³/mol. The summed E-state index contributed by atoms with van der Waals surface area (Å²) < 4.78 is 0. The molecule has 0 aromatic carbocycles. The van der Waals surface area contributed by atoms with Crippen molar-refractivity contribution in [2.24, 2.45) is 5.41 Å². The molecule has 5 heteroatoms. The Morgan fingerprint density at radius 3 is 2.28 bits per heavy atom. The summed E-state index contributed by atoms with van der Waals surface area (Å²) in [7, 11) is 0. The summed E-state index contributed by atoms with van der Waals surface area (Å²) in [5.41, 5.74) is -0.860. The molecule has 0 rings (SSSR count). The van der Waals surface area contributed by atoms with Crippen molar-refractivity contribution in [1.82, 2.24) is 10.6 Å².